The summed E-state index contributed by atoms with van der Waals surface area (Å²) in [4.78, 5) is 25.6. The normalized spacial score (nSPS) is 15.9. The van der Waals surface area contributed by atoms with Crippen LogP contribution in [0.15, 0.2) is 36.4 Å². The summed E-state index contributed by atoms with van der Waals surface area (Å²) in [5.74, 6) is 0.433. The molecule has 0 aliphatic carbocycles. The second kappa shape index (κ2) is 7.43. The number of rotatable bonds is 4. The number of fused-ring (bicyclic) bond motifs is 1. The molecule has 1 atom stereocenters. The molecule has 3 rings (SSSR count). The highest BCUT2D eigenvalue weighted by Crippen LogP contribution is 2.35. The molecule has 26 heavy (non-hydrogen) atoms. The Bertz CT molecular complexity index is 872. The summed E-state index contributed by atoms with van der Waals surface area (Å²) in [6.07, 6.45) is -0.537. The van der Waals surface area contributed by atoms with Crippen molar-refractivity contribution < 1.29 is 19.1 Å². The number of hydrogen-bond acceptors (Lipinski definition) is 4. The Hall–Kier alpha value is -2.44. The molecule has 0 saturated heterocycles. The van der Waals surface area contributed by atoms with E-state index in [-0.39, 0.29) is 18.4 Å². The van der Waals surface area contributed by atoms with Crippen LogP contribution in [0, 0.1) is 0 Å². The Labute approximate surface area is 160 Å². The molecule has 0 spiro atoms. The maximum Gasteiger partial charge on any atom is 0.267 e. The minimum Gasteiger partial charge on any atom is -0.482 e. The van der Waals surface area contributed by atoms with Crippen LogP contribution < -0.4 is 19.7 Å². The SMILES string of the molecule is C[C@@H]1Oc2ccc(NC(=O)COc3ccc(Cl)cc3Cl)cc2N(C)C1=O. The lowest BCUT2D eigenvalue weighted by atomic mass is 10.2. The average Bonchev–Trinajstić information content (AvgIpc) is 2.60. The first-order chi connectivity index (χ1) is 12.3. The Morgan fingerprint density at radius 2 is 2.04 bits per heavy atom. The van der Waals surface area contributed by atoms with Gasteiger partial charge in [-0.25, -0.2) is 0 Å². The van der Waals surface area contributed by atoms with Crippen molar-refractivity contribution in [2.24, 2.45) is 0 Å². The molecule has 0 unspecified atom stereocenters. The number of ether oxygens (including phenoxy) is 2. The molecule has 1 N–H and O–H groups in total. The van der Waals surface area contributed by atoms with Gasteiger partial charge in [0.25, 0.3) is 11.8 Å². The number of halogens is 2. The summed E-state index contributed by atoms with van der Waals surface area (Å²) < 4.78 is 10.9. The molecule has 1 aliphatic heterocycles. The highest BCUT2D eigenvalue weighted by atomic mass is 35.5. The molecule has 1 heterocycles. The smallest absolute Gasteiger partial charge is 0.267 e. The van der Waals surface area contributed by atoms with Crippen LogP contribution in [0.3, 0.4) is 0 Å². The molecule has 0 aromatic heterocycles. The Balaban J connectivity index is 1.66. The topological polar surface area (TPSA) is 67.9 Å². The minimum absolute atomic E-state index is 0.151. The van der Waals surface area contributed by atoms with Crippen molar-refractivity contribution in [1.82, 2.24) is 0 Å². The predicted octanol–water partition coefficient (Wildman–Crippen LogP) is 3.75. The van der Waals surface area contributed by atoms with Crippen molar-refractivity contribution in [3.63, 3.8) is 0 Å². The van der Waals surface area contributed by atoms with Gasteiger partial charge < -0.3 is 19.7 Å². The summed E-state index contributed by atoms with van der Waals surface area (Å²) in [5.41, 5.74) is 1.12. The lowest BCUT2D eigenvalue weighted by Crippen LogP contribution is -2.42. The van der Waals surface area contributed by atoms with E-state index in [4.69, 9.17) is 32.7 Å². The van der Waals surface area contributed by atoms with Crippen LogP contribution in [0.4, 0.5) is 11.4 Å². The quantitative estimate of drug-likeness (QED) is 0.856. The van der Waals surface area contributed by atoms with Crippen LogP contribution in [0.5, 0.6) is 11.5 Å². The number of carbonyl (C=O) groups is 2. The van der Waals surface area contributed by atoms with Gasteiger partial charge in [0.2, 0.25) is 0 Å². The van der Waals surface area contributed by atoms with E-state index in [1.165, 1.54) is 11.0 Å². The molecular formula is C18H16Cl2N2O4. The number of nitrogens with one attached hydrogen (secondary N) is 1. The number of nitrogens with zero attached hydrogens (tertiary/aromatic N) is 1. The van der Waals surface area contributed by atoms with Gasteiger partial charge in [-0.3, -0.25) is 9.59 Å². The van der Waals surface area contributed by atoms with Gasteiger partial charge in [0.05, 0.1) is 10.7 Å². The molecule has 2 aromatic rings. The van der Waals surface area contributed by atoms with E-state index >= 15 is 0 Å². The van der Waals surface area contributed by atoms with E-state index < -0.39 is 6.10 Å². The number of anilines is 2. The first kappa shape index (κ1) is 18.4. The summed E-state index contributed by atoms with van der Waals surface area (Å²) in [5, 5.41) is 3.52. The van der Waals surface area contributed by atoms with Crippen molar-refractivity contribution in [2.75, 3.05) is 23.9 Å². The number of carbonyl (C=O) groups excluding carboxylic acids is 2. The Kier molecular flexibility index (Phi) is 5.25. The Morgan fingerprint density at radius 3 is 2.77 bits per heavy atom. The zero-order valence-corrected chi connectivity index (χ0v) is 15.6. The number of amides is 2. The molecule has 8 heteroatoms. The van der Waals surface area contributed by atoms with Gasteiger partial charge in [-0.15, -0.1) is 0 Å². The third-order valence-corrected chi connectivity index (χ3v) is 4.37. The molecule has 0 fully saturated rings. The lowest BCUT2D eigenvalue weighted by molar-refractivity contribution is -0.125. The fourth-order valence-corrected chi connectivity index (χ4v) is 2.98. The fourth-order valence-electron chi connectivity index (χ4n) is 2.52. The molecular weight excluding hydrogens is 379 g/mol. The van der Waals surface area contributed by atoms with Gasteiger partial charge in [-0.05, 0) is 43.3 Å². The third kappa shape index (κ3) is 3.86. The minimum atomic E-state index is -0.537. The van der Waals surface area contributed by atoms with E-state index in [0.29, 0.717) is 32.9 Å². The van der Waals surface area contributed by atoms with Gasteiger partial charge in [0, 0.05) is 17.8 Å². The van der Waals surface area contributed by atoms with Crippen molar-refractivity contribution in [2.45, 2.75) is 13.0 Å². The first-order valence-corrected chi connectivity index (χ1v) is 8.56. The molecule has 2 amide bonds. The van der Waals surface area contributed by atoms with Gasteiger partial charge >= 0.3 is 0 Å². The van der Waals surface area contributed by atoms with Crippen LogP contribution in [0.2, 0.25) is 10.0 Å². The summed E-state index contributed by atoms with van der Waals surface area (Å²) in [7, 11) is 1.66. The van der Waals surface area contributed by atoms with Crippen molar-refractivity contribution in [1.29, 1.82) is 0 Å². The van der Waals surface area contributed by atoms with E-state index in [9.17, 15) is 9.59 Å². The van der Waals surface area contributed by atoms with Gasteiger partial charge in [-0.1, -0.05) is 23.2 Å². The molecule has 6 nitrogen and oxygen atoms in total. The van der Waals surface area contributed by atoms with Gasteiger partial charge in [-0.2, -0.15) is 0 Å². The largest absolute Gasteiger partial charge is 0.482 e. The van der Waals surface area contributed by atoms with Crippen molar-refractivity contribution in [3.05, 3.63) is 46.4 Å². The second-order valence-electron chi connectivity index (χ2n) is 5.75. The number of hydrogen-bond donors (Lipinski definition) is 1. The lowest BCUT2D eigenvalue weighted by Gasteiger charge is -2.30. The van der Waals surface area contributed by atoms with E-state index in [1.54, 1.807) is 44.3 Å². The molecule has 136 valence electrons. The zero-order valence-electron chi connectivity index (χ0n) is 14.1. The van der Waals surface area contributed by atoms with E-state index in [0.717, 1.165) is 0 Å². The third-order valence-electron chi connectivity index (χ3n) is 3.84. The summed E-state index contributed by atoms with van der Waals surface area (Å²) in [6, 6.07) is 9.83. The Morgan fingerprint density at radius 1 is 1.27 bits per heavy atom. The summed E-state index contributed by atoms with van der Waals surface area (Å²) in [6.45, 7) is 1.47. The maximum absolute atomic E-state index is 12.1. The average molecular weight is 395 g/mol. The monoisotopic (exact) mass is 394 g/mol. The fraction of sp³-hybridized carbons (Fsp3) is 0.222. The number of likely N-dealkylation sites (N-methyl/N-ethyl adjacent to an activating group) is 1. The predicted molar refractivity (Wildman–Crippen MR) is 101 cm³/mol. The van der Waals surface area contributed by atoms with Crippen LogP contribution in [-0.2, 0) is 9.59 Å². The van der Waals surface area contributed by atoms with Gasteiger partial charge in [0.15, 0.2) is 12.7 Å². The van der Waals surface area contributed by atoms with Crippen LogP contribution in [-0.4, -0.2) is 31.6 Å². The van der Waals surface area contributed by atoms with Crippen LogP contribution in [0.25, 0.3) is 0 Å². The maximum atomic E-state index is 12.1. The standard InChI is InChI=1S/C18H16Cl2N2O4/c1-10-18(24)22(2)14-8-12(4-6-16(14)26-10)21-17(23)9-25-15-5-3-11(19)7-13(15)20/h3-8,10H,9H2,1-2H3,(H,21,23)/t10-/m0/s1. The molecule has 0 saturated carbocycles. The van der Waals surface area contributed by atoms with Gasteiger partial charge in [0.1, 0.15) is 11.5 Å². The highest BCUT2D eigenvalue weighted by Gasteiger charge is 2.29. The van der Waals surface area contributed by atoms with Crippen molar-refractivity contribution in [3.8, 4) is 11.5 Å². The molecule has 0 bridgehead atoms. The van der Waals surface area contributed by atoms with Crippen molar-refractivity contribution >= 4 is 46.4 Å². The van der Waals surface area contributed by atoms with E-state index in [2.05, 4.69) is 5.32 Å². The van der Waals surface area contributed by atoms with Crippen LogP contribution in [0.1, 0.15) is 6.92 Å². The highest BCUT2D eigenvalue weighted by molar-refractivity contribution is 6.35. The van der Waals surface area contributed by atoms with E-state index in [1.807, 2.05) is 0 Å². The molecule has 2 aromatic carbocycles. The zero-order chi connectivity index (χ0) is 18.8. The summed E-state index contributed by atoms with van der Waals surface area (Å²) >= 11 is 11.8. The molecule has 0 radical (unpaired) electrons. The van der Waals surface area contributed by atoms with Crippen LogP contribution >= 0.6 is 23.2 Å². The molecule has 1 aliphatic rings. The second-order valence-corrected chi connectivity index (χ2v) is 6.60. The first-order valence-electron chi connectivity index (χ1n) is 7.81. The number of benzene rings is 2.